The van der Waals surface area contributed by atoms with Gasteiger partial charge in [-0.2, -0.15) is 5.10 Å². The Bertz CT molecular complexity index is 700. The monoisotopic (exact) mass is 346 g/mol. The fourth-order valence-electron chi connectivity index (χ4n) is 3.04. The standard InChI is InChI=1S/C17H22N4O2S/c1-24(23)15-7-5-13(6-8-15)10-18-17(22)21-9-3-2-4-16(21)14-11-19-20-12-14/h5-8,11-12,16H,2-4,9-10H2,1H3,(H,18,22)(H,19,20)/t16-,24+/m0/s1. The fourth-order valence-corrected chi connectivity index (χ4v) is 3.56. The van der Waals surface area contributed by atoms with Crippen molar-refractivity contribution in [1.29, 1.82) is 0 Å². The maximum absolute atomic E-state index is 12.6. The maximum atomic E-state index is 12.6. The third-order valence-corrected chi connectivity index (χ3v) is 5.30. The molecule has 1 aromatic carbocycles. The summed E-state index contributed by atoms with van der Waals surface area (Å²) in [5.74, 6) is 0. The number of benzene rings is 1. The van der Waals surface area contributed by atoms with Crippen molar-refractivity contribution in [2.75, 3.05) is 12.8 Å². The normalized spacial score (nSPS) is 19.0. The topological polar surface area (TPSA) is 78.1 Å². The first kappa shape index (κ1) is 16.7. The molecule has 0 aliphatic carbocycles. The first-order valence-electron chi connectivity index (χ1n) is 8.10. The number of rotatable bonds is 4. The number of piperidine rings is 1. The van der Waals surface area contributed by atoms with Crippen LogP contribution in [0.15, 0.2) is 41.6 Å². The average molecular weight is 346 g/mol. The molecule has 3 rings (SSSR count). The van der Waals surface area contributed by atoms with Crippen LogP contribution in [0, 0.1) is 0 Å². The van der Waals surface area contributed by atoms with E-state index >= 15 is 0 Å². The Labute approximate surface area is 144 Å². The van der Waals surface area contributed by atoms with E-state index in [1.807, 2.05) is 35.4 Å². The van der Waals surface area contributed by atoms with Crippen LogP contribution >= 0.6 is 0 Å². The van der Waals surface area contributed by atoms with Gasteiger partial charge in [0.1, 0.15) is 0 Å². The van der Waals surface area contributed by atoms with Crippen LogP contribution < -0.4 is 5.32 Å². The highest BCUT2D eigenvalue weighted by Crippen LogP contribution is 2.30. The molecular formula is C17H22N4O2S. The van der Waals surface area contributed by atoms with Crippen LogP contribution in [0.4, 0.5) is 4.79 Å². The zero-order valence-electron chi connectivity index (χ0n) is 13.7. The Balaban J connectivity index is 1.62. The molecule has 0 spiro atoms. The SMILES string of the molecule is C[S@@](=O)c1ccc(CNC(=O)N2CCCC[C@H]2c2cn[nH]c2)cc1. The quantitative estimate of drug-likeness (QED) is 0.893. The molecule has 1 aliphatic rings. The minimum absolute atomic E-state index is 0.0518. The van der Waals surface area contributed by atoms with Crippen molar-refractivity contribution in [3.63, 3.8) is 0 Å². The number of hydrogen-bond donors (Lipinski definition) is 2. The molecule has 2 atom stereocenters. The number of hydrogen-bond acceptors (Lipinski definition) is 3. The molecule has 1 saturated heterocycles. The summed E-state index contributed by atoms with van der Waals surface area (Å²) in [4.78, 5) is 15.3. The summed E-state index contributed by atoms with van der Waals surface area (Å²) in [6.07, 6.45) is 8.42. The number of urea groups is 1. The number of carbonyl (C=O) groups excluding carboxylic acids is 1. The fraction of sp³-hybridized carbons (Fsp3) is 0.412. The van der Waals surface area contributed by atoms with Gasteiger partial charge in [-0.25, -0.2) is 4.79 Å². The second-order valence-corrected chi connectivity index (χ2v) is 7.37. The van der Waals surface area contributed by atoms with Crippen molar-refractivity contribution in [2.24, 2.45) is 0 Å². The molecule has 2 aromatic rings. The van der Waals surface area contributed by atoms with E-state index in [0.29, 0.717) is 6.54 Å². The number of nitrogens with one attached hydrogen (secondary N) is 2. The van der Waals surface area contributed by atoms with Crippen LogP contribution in [0.1, 0.15) is 36.4 Å². The summed E-state index contributed by atoms with van der Waals surface area (Å²) < 4.78 is 11.4. The van der Waals surface area contributed by atoms with E-state index in [0.717, 1.165) is 41.8 Å². The predicted molar refractivity (Wildman–Crippen MR) is 92.9 cm³/mol. The molecule has 128 valence electrons. The highest BCUT2D eigenvalue weighted by molar-refractivity contribution is 7.84. The molecule has 2 heterocycles. The Morgan fingerprint density at radius 2 is 2.17 bits per heavy atom. The van der Waals surface area contributed by atoms with E-state index < -0.39 is 10.8 Å². The smallest absolute Gasteiger partial charge is 0.318 e. The highest BCUT2D eigenvalue weighted by Gasteiger charge is 2.28. The summed E-state index contributed by atoms with van der Waals surface area (Å²) >= 11 is 0. The van der Waals surface area contributed by atoms with E-state index in [1.165, 1.54) is 0 Å². The summed E-state index contributed by atoms with van der Waals surface area (Å²) in [7, 11) is -0.980. The molecule has 7 heteroatoms. The van der Waals surface area contributed by atoms with Gasteiger partial charge in [0.2, 0.25) is 0 Å². The van der Waals surface area contributed by atoms with Crippen molar-refractivity contribution >= 4 is 16.8 Å². The van der Waals surface area contributed by atoms with Crippen LogP contribution in [-0.2, 0) is 17.3 Å². The second-order valence-electron chi connectivity index (χ2n) is 5.99. The lowest BCUT2D eigenvalue weighted by Gasteiger charge is -2.35. The molecule has 0 radical (unpaired) electrons. The molecule has 0 saturated carbocycles. The van der Waals surface area contributed by atoms with Gasteiger partial charge in [0.05, 0.1) is 12.2 Å². The molecule has 1 fully saturated rings. The number of aromatic amines is 1. The number of aromatic nitrogens is 2. The lowest BCUT2D eigenvalue weighted by Crippen LogP contribution is -2.44. The van der Waals surface area contributed by atoms with Gasteiger partial charge in [0.25, 0.3) is 0 Å². The molecular weight excluding hydrogens is 324 g/mol. The van der Waals surface area contributed by atoms with Gasteiger partial charge < -0.3 is 10.2 Å². The van der Waals surface area contributed by atoms with Crippen LogP contribution in [0.2, 0.25) is 0 Å². The number of carbonyl (C=O) groups is 1. The Kier molecular flexibility index (Phi) is 5.30. The van der Waals surface area contributed by atoms with E-state index in [-0.39, 0.29) is 12.1 Å². The average Bonchev–Trinajstić information content (AvgIpc) is 3.14. The highest BCUT2D eigenvalue weighted by atomic mass is 32.2. The van der Waals surface area contributed by atoms with Crippen LogP contribution in [0.25, 0.3) is 0 Å². The molecule has 0 bridgehead atoms. The van der Waals surface area contributed by atoms with Crippen molar-refractivity contribution in [3.8, 4) is 0 Å². The predicted octanol–water partition coefficient (Wildman–Crippen LogP) is 2.58. The van der Waals surface area contributed by atoms with Gasteiger partial charge in [-0.05, 0) is 37.0 Å². The van der Waals surface area contributed by atoms with Crippen molar-refractivity contribution in [1.82, 2.24) is 20.4 Å². The van der Waals surface area contributed by atoms with Gasteiger partial charge in [-0.3, -0.25) is 9.31 Å². The molecule has 0 unspecified atom stereocenters. The zero-order chi connectivity index (χ0) is 16.9. The van der Waals surface area contributed by atoms with Crippen LogP contribution in [-0.4, -0.2) is 38.1 Å². The molecule has 6 nitrogen and oxygen atoms in total. The van der Waals surface area contributed by atoms with Crippen molar-refractivity contribution in [3.05, 3.63) is 47.8 Å². The second kappa shape index (κ2) is 7.61. The van der Waals surface area contributed by atoms with Crippen molar-refractivity contribution in [2.45, 2.75) is 36.7 Å². The maximum Gasteiger partial charge on any atom is 0.318 e. The van der Waals surface area contributed by atoms with Crippen LogP contribution in [0.3, 0.4) is 0 Å². The van der Waals surface area contributed by atoms with Gasteiger partial charge in [-0.1, -0.05) is 12.1 Å². The molecule has 24 heavy (non-hydrogen) atoms. The first-order chi connectivity index (χ1) is 11.6. The zero-order valence-corrected chi connectivity index (χ0v) is 14.5. The summed E-state index contributed by atoms with van der Waals surface area (Å²) in [5, 5.41) is 9.81. The minimum atomic E-state index is -0.980. The summed E-state index contributed by atoms with van der Waals surface area (Å²) in [6.45, 7) is 1.22. The van der Waals surface area contributed by atoms with E-state index in [1.54, 1.807) is 12.5 Å². The third kappa shape index (κ3) is 3.84. The lowest BCUT2D eigenvalue weighted by molar-refractivity contribution is 0.151. The lowest BCUT2D eigenvalue weighted by atomic mass is 9.98. The van der Waals surface area contributed by atoms with Gasteiger partial charge >= 0.3 is 6.03 Å². The van der Waals surface area contributed by atoms with Crippen molar-refractivity contribution < 1.29 is 9.00 Å². The Hall–Kier alpha value is -2.15. The molecule has 1 aromatic heterocycles. The number of H-pyrrole nitrogens is 1. The van der Waals surface area contributed by atoms with E-state index in [4.69, 9.17) is 0 Å². The number of nitrogens with zero attached hydrogens (tertiary/aromatic N) is 2. The molecule has 1 aliphatic heterocycles. The summed E-state index contributed by atoms with van der Waals surface area (Å²) in [5.41, 5.74) is 2.05. The molecule has 2 N–H and O–H groups in total. The minimum Gasteiger partial charge on any atom is -0.334 e. The summed E-state index contributed by atoms with van der Waals surface area (Å²) in [6, 6.07) is 7.52. The number of likely N-dealkylation sites (tertiary alicyclic amines) is 1. The van der Waals surface area contributed by atoms with Gasteiger partial charge in [-0.15, -0.1) is 0 Å². The molecule has 2 amide bonds. The van der Waals surface area contributed by atoms with E-state index in [9.17, 15) is 9.00 Å². The Morgan fingerprint density at radius 3 is 2.83 bits per heavy atom. The number of amides is 2. The first-order valence-corrected chi connectivity index (χ1v) is 9.66. The Morgan fingerprint density at radius 1 is 1.38 bits per heavy atom. The van der Waals surface area contributed by atoms with Gasteiger partial charge in [0, 0.05) is 46.8 Å². The largest absolute Gasteiger partial charge is 0.334 e. The van der Waals surface area contributed by atoms with Crippen LogP contribution in [0.5, 0.6) is 0 Å². The third-order valence-electron chi connectivity index (χ3n) is 4.37. The van der Waals surface area contributed by atoms with E-state index in [2.05, 4.69) is 15.5 Å². The van der Waals surface area contributed by atoms with Gasteiger partial charge in [0.15, 0.2) is 0 Å².